The fraction of sp³-hybridized carbons (Fsp3) is 0.619. The average Bonchev–Trinajstić information content (AvgIpc) is 3.29. The van der Waals surface area contributed by atoms with Crippen LogP contribution in [0.15, 0.2) is 28.8 Å². The highest BCUT2D eigenvalue weighted by Gasteiger charge is 2.64. The van der Waals surface area contributed by atoms with Crippen molar-refractivity contribution in [3.8, 4) is 5.75 Å². The van der Waals surface area contributed by atoms with E-state index < -0.39 is 14.6 Å². The van der Waals surface area contributed by atoms with E-state index in [1.54, 1.807) is 7.11 Å². The minimum atomic E-state index is -3.19. The highest BCUT2D eigenvalue weighted by atomic mass is 32.2. The van der Waals surface area contributed by atoms with E-state index in [9.17, 15) is 8.42 Å². The molecule has 0 radical (unpaired) electrons. The van der Waals surface area contributed by atoms with Crippen molar-refractivity contribution in [3.63, 3.8) is 0 Å². The highest BCUT2D eigenvalue weighted by molar-refractivity contribution is 7.93. The number of sulfone groups is 1. The summed E-state index contributed by atoms with van der Waals surface area (Å²) in [5.74, 6) is 1.80. The number of likely N-dealkylation sites (tertiary alicyclic amines) is 1. The number of methoxy groups -OCH3 is 1. The van der Waals surface area contributed by atoms with Crippen molar-refractivity contribution in [2.24, 2.45) is 0 Å². The summed E-state index contributed by atoms with van der Waals surface area (Å²) < 4.78 is 41.4. The van der Waals surface area contributed by atoms with Gasteiger partial charge in [0.05, 0.1) is 18.8 Å². The minimum Gasteiger partial charge on any atom is -0.497 e. The molecule has 1 aromatic heterocycles. The quantitative estimate of drug-likeness (QED) is 0.705. The Balaban J connectivity index is 1.32. The zero-order chi connectivity index (χ0) is 20.8. The number of hydrogen-bond donors (Lipinski definition) is 0. The lowest BCUT2D eigenvalue weighted by Crippen LogP contribution is -2.69. The lowest BCUT2D eigenvalue weighted by Gasteiger charge is -2.53. The summed E-state index contributed by atoms with van der Waals surface area (Å²) >= 11 is 0. The third-order valence-corrected chi connectivity index (χ3v) is 9.44. The smallest absolute Gasteiger partial charge is 0.231 e. The van der Waals surface area contributed by atoms with E-state index in [1.165, 1.54) is 0 Å². The predicted octanol–water partition coefficient (Wildman–Crippen LogP) is 1.80. The van der Waals surface area contributed by atoms with Gasteiger partial charge in [0.1, 0.15) is 10.5 Å². The van der Waals surface area contributed by atoms with Crippen LogP contribution in [0.2, 0.25) is 0 Å². The number of aromatic nitrogens is 2. The zero-order valence-electron chi connectivity index (χ0n) is 17.1. The van der Waals surface area contributed by atoms with E-state index in [0.717, 1.165) is 37.4 Å². The van der Waals surface area contributed by atoms with E-state index in [0.29, 0.717) is 43.7 Å². The zero-order valence-corrected chi connectivity index (χ0v) is 17.9. The molecular formula is C21H27N3O5S. The average molecular weight is 434 g/mol. The minimum absolute atomic E-state index is 0.190. The molecule has 0 bridgehead atoms. The Bertz CT molecular complexity index is 992. The maximum Gasteiger partial charge on any atom is 0.231 e. The Morgan fingerprint density at radius 1 is 1.17 bits per heavy atom. The van der Waals surface area contributed by atoms with Gasteiger partial charge in [-0.05, 0) is 37.0 Å². The molecule has 3 fully saturated rings. The summed E-state index contributed by atoms with van der Waals surface area (Å²) in [7, 11) is -1.56. The van der Waals surface area contributed by atoms with Crippen LogP contribution in [0.1, 0.15) is 42.5 Å². The summed E-state index contributed by atoms with van der Waals surface area (Å²) in [5.41, 5.74) is 1.05. The highest BCUT2D eigenvalue weighted by Crippen LogP contribution is 2.50. The van der Waals surface area contributed by atoms with Gasteiger partial charge in [-0.25, -0.2) is 8.42 Å². The van der Waals surface area contributed by atoms with Gasteiger partial charge in [-0.2, -0.15) is 4.98 Å². The lowest BCUT2D eigenvalue weighted by molar-refractivity contribution is -0.0127. The molecule has 1 unspecified atom stereocenters. The number of rotatable bonds is 5. The van der Waals surface area contributed by atoms with Crippen LogP contribution in [0.25, 0.3) is 0 Å². The SMILES string of the molecule is COc1ccc(Cc2noc(C3CCS(=O)(=O)C34CN(C3CCOCC3)C4)n2)cc1. The third kappa shape index (κ3) is 3.33. The maximum absolute atomic E-state index is 13.0. The largest absolute Gasteiger partial charge is 0.497 e. The number of benzene rings is 1. The topological polar surface area (TPSA) is 94.8 Å². The fourth-order valence-corrected chi connectivity index (χ4v) is 7.41. The molecule has 1 atom stereocenters. The van der Waals surface area contributed by atoms with Gasteiger partial charge >= 0.3 is 0 Å². The first kappa shape index (κ1) is 20.0. The lowest BCUT2D eigenvalue weighted by atomic mass is 9.81. The monoisotopic (exact) mass is 433 g/mol. The molecular weight excluding hydrogens is 406 g/mol. The number of nitrogens with zero attached hydrogens (tertiary/aromatic N) is 3. The standard InChI is InChI=1S/C21H27N3O5S/c1-27-17-4-2-15(3-5-17)12-19-22-20(29-23-19)18-8-11-30(25,26)21(18)13-24(14-21)16-6-9-28-10-7-16/h2-5,16,18H,6-14H2,1H3. The molecule has 0 aliphatic carbocycles. The van der Waals surface area contributed by atoms with Gasteiger partial charge in [0.15, 0.2) is 15.7 Å². The van der Waals surface area contributed by atoms with Crippen molar-refractivity contribution < 1.29 is 22.4 Å². The van der Waals surface area contributed by atoms with E-state index in [1.807, 2.05) is 24.3 Å². The second kappa shape index (κ2) is 7.62. The molecule has 5 rings (SSSR count). The van der Waals surface area contributed by atoms with Crippen molar-refractivity contribution in [2.75, 3.05) is 39.2 Å². The first-order valence-electron chi connectivity index (χ1n) is 10.5. The van der Waals surface area contributed by atoms with Crippen molar-refractivity contribution in [1.82, 2.24) is 15.0 Å². The van der Waals surface area contributed by atoms with Crippen LogP contribution in [-0.4, -0.2) is 73.4 Å². The fourth-order valence-electron chi connectivity index (χ4n) is 5.08. The summed E-state index contributed by atoms with van der Waals surface area (Å²) in [4.78, 5) is 6.90. The molecule has 3 saturated heterocycles. The molecule has 1 spiro atoms. The van der Waals surface area contributed by atoms with E-state index in [4.69, 9.17) is 14.0 Å². The van der Waals surface area contributed by atoms with Crippen molar-refractivity contribution in [1.29, 1.82) is 0 Å². The Labute approximate surface area is 176 Å². The van der Waals surface area contributed by atoms with Gasteiger partial charge in [0, 0.05) is 38.8 Å². The van der Waals surface area contributed by atoms with E-state index >= 15 is 0 Å². The second-order valence-corrected chi connectivity index (χ2v) is 11.0. The molecule has 8 nitrogen and oxygen atoms in total. The molecule has 3 aliphatic rings. The maximum atomic E-state index is 13.0. The van der Waals surface area contributed by atoms with Crippen LogP contribution in [0, 0.1) is 0 Å². The summed E-state index contributed by atoms with van der Waals surface area (Å²) in [5, 5.41) is 4.14. The molecule has 9 heteroatoms. The number of ether oxygens (including phenoxy) is 2. The Morgan fingerprint density at radius 2 is 1.90 bits per heavy atom. The summed E-state index contributed by atoms with van der Waals surface area (Å²) in [6.07, 6.45) is 3.02. The van der Waals surface area contributed by atoms with Gasteiger partial charge in [-0.1, -0.05) is 17.3 Å². The normalized spacial score (nSPS) is 26.0. The van der Waals surface area contributed by atoms with Crippen molar-refractivity contribution in [2.45, 2.75) is 42.4 Å². The first-order chi connectivity index (χ1) is 14.5. The van der Waals surface area contributed by atoms with Crippen LogP contribution in [0.3, 0.4) is 0 Å². The molecule has 4 heterocycles. The first-order valence-corrected chi connectivity index (χ1v) is 12.2. The van der Waals surface area contributed by atoms with Crippen LogP contribution in [0.4, 0.5) is 0 Å². The van der Waals surface area contributed by atoms with Crippen LogP contribution >= 0.6 is 0 Å². The van der Waals surface area contributed by atoms with Gasteiger partial charge in [0.25, 0.3) is 0 Å². The molecule has 3 aliphatic heterocycles. The van der Waals surface area contributed by atoms with Gasteiger partial charge in [0.2, 0.25) is 5.89 Å². The van der Waals surface area contributed by atoms with Crippen molar-refractivity contribution in [3.05, 3.63) is 41.5 Å². The van der Waals surface area contributed by atoms with Gasteiger partial charge < -0.3 is 14.0 Å². The van der Waals surface area contributed by atoms with Crippen molar-refractivity contribution >= 4 is 9.84 Å². The number of hydrogen-bond acceptors (Lipinski definition) is 8. The Hall–Kier alpha value is -1.97. The Morgan fingerprint density at radius 3 is 2.60 bits per heavy atom. The third-order valence-electron chi connectivity index (χ3n) is 6.88. The van der Waals surface area contributed by atoms with E-state index in [2.05, 4.69) is 15.0 Å². The molecule has 30 heavy (non-hydrogen) atoms. The van der Waals surface area contributed by atoms with Gasteiger partial charge in [-0.3, -0.25) is 4.90 Å². The molecule has 0 N–H and O–H groups in total. The van der Waals surface area contributed by atoms with Gasteiger partial charge in [-0.15, -0.1) is 0 Å². The molecule has 1 aromatic carbocycles. The Kier molecular flexibility index (Phi) is 5.07. The van der Waals surface area contributed by atoms with Crippen LogP contribution in [0.5, 0.6) is 5.75 Å². The summed E-state index contributed by atoms with van der Waals surface area (Å²) in [6.45, 7) is 2.62. The molecule has 0 amide bonds. The second-order valence-electron chi connectivity index (χ2n) is 8.55. The molecule has 0 saturated carbocycles. The molecule has 162 valence electrons. The molecule has 2 aromatic rings. The van der Waals surface area contributed by atoms with Crippen LogP contribution in [-0.2, 0) is 21.0 Å². The summed E-state index contributed by atoms with van der Waals surface area (Å²) in [6, 6.07) is 8.14. The predicted molar refractivity (Wildman–Crippen MR) is 109 cm³/mol. The van der Waals surface area contributed by atoms with E-state index in [-0.39, 0.29) is 11.7 Å². The van der Waals surface area contributed by atoms with Crippen LogP contribution < -0.4 is 4.74 Å².